The van der Waals surface area contributed by atoms with Crippen LogP contribution in [-0.2, 0) is 5.41 Å². The van der Waals surface area contributed by atoms with Gasteiger partial charge in [0.25, 0.3) is 0 Å². The van der Waals surface area contributed by atoms with Crippen LogP contribution in [0.5, 0.6) is 5.75 Å². The van der Waals surface area contributed by atoms with E-state index in [1.165, 1.54) is 5.56 Å². The number of aliphatic hydroxyl groups excluding tert-OH is 1. The SMILES string of the molecule is Cc1ccc(OC2CC2)c(C(C)(C)CO)c1. The summed E-state index contributed by atoms with van der Waals surface area (Å²) < 4.78 is 5.89. The molecule has 0 radical (unpaired) electrons. The molecule has 0 aromatic heterocycles. The van der Waals surface area contributed by atoms with E-state index in [1.807, 2.05) is 19.9 Å². The van der Waals surface area contributed by atoms with Gasteiger partial charge in [-0.2, -0.15) is 0 Å². The molecule has 0 saturated heterocycles. The zero-order valence-corrected chi connectivity index (χ0v) is 10.3. The van der Waals surface area contributed by atoms with E-state index in [0.29, 0.717) is 6.10 Å². The first kappa shape index (κ1) is 11.5. The average Bonchev–Trinajstić information content (AvgIpc) is 3.04. The van der Waals surface area contributed by atoms with Crippen molar-refractivity contribution in [3.8, 4) is 5.75 Å². The molecule has 0 amide bonds. The predicted octanol–water partition coefficient (Wildman–Crippen LogP) is 2.81. The minimum Gasteiger partial charge on any atom is -0.490 e. The van der Waals surface area contributed by atoms with Crippen LogP contribution in [0.3, 0.4) is 0 Å². The van der Waals surface area contributed by atoms with E-state index in [0.717, 1.165) is 24.2 Å². The highest BCUT2D eigenvalue weighted by Crippen LogP contribution is 2.35. The number of benzene rings is 1. The van der Waals surface area contributed by atoms with E-state index >= 15 is 0 Å². The second-order valence-corrected chi connectivity index (χ2v) is 5.36. The molecule has 2 nitrogen and oxygen atoms in total. The molecule has 1 fully saturated rings. The number of aryl methyl sites for hydroxylation is 1. The van der Waals surface area contributed by atoms with Gasteiger partial charge in [-0.1, -0.05) is 31.5 Å². The summed E-state index contributed by atoms with van der Waals surface area (Å²) in [7, 11) is 0. The molecule has 0 heterocycles. The third-order valence-corrected chi connectivity index (χ3v) is 3.08. The smallest absolute Gasteiger partial charge is 0.123 e. The monoisotopic (exact) mass is 220 g/mol. The third kappa shape index (κ3) is 2.38. The number of rotatable bonds is 4. The van der Waals surface area contributed by atoms with Gasteiger partial charge in [0, 0.05) is 11.0 Å². The molecule has 1 N–H and O–H groups in total. The van der Waals surface area contributed by atoms with Crippen molar-refractivity contribution in [1.29, 1.82) is 0 Å². The lowest BCUT2D eigenvalue weighted by molar-refractivity contribution is 0.210. The van der Waals surface area contributed by atoms with Crippen LogP contribution in [0.2, 0.25) is 0 Å². The van der Waals surface area contributed by atoms with Crippen LogP contribution in [0.4, 0.5) is 0 Å². The van der Waals surface area contributed by atoms with E-state index in [4.69, 9.17) is 4.74 Å². The van der Waals surface area contributed by atoms with Crippen molar-refractivity contribution in [1.82, 2.24) is 0 Å². The Hall–Kier alpha value is -1.02. The van der Waals surface area contributed by atoms with E-state index in [2.05, 4.69) is 19.1 Å². The third-order valence-electron chi connectivity index (χ3n) is 3.08. The fraction of sp³-hybridized carbons (Fsp3) is 0.571. The van der Waals surface area contributed by atoms with Crippen LogP contribution in [0.15, 0.2) is 18.2 Å². The van der Waals surface area contributed by atoms with Crippen molar-refractivity contribution in [3.63, 3.8) is 0 Å². The van der Waals surface area contributed by atoms with Crippen molar-refractivity contribution in [2.24, 2.45) is 0 Å². The zero-order chi connectivity index (χ0) is 11.8. The minimum absolute atomic E-state index is 0.136. The van der Waals surface area contributed by atoms with Crippen molar-refractivity contribution in [3.05, 3.63) is 29.3 Å². The lowest BCUT2D eigenvalue weighted by atomic mass is 9.84. The van der Waals surface area contributed by atoms with E-state index in [1.54, 1.807) is 0 Å². The van der Waals surface area contributed by atoms with Crippen LogP contribution in [-0.4, -0.2) is 17.8 Å². The lowest BCUT2D eigenvalue weighted by Gasteiger charge is -2.25. The molecule has 1 aromatic carbocycles. The van der Waals surface area contributed by atoms with E-state index < -0.39 is 0 Å². The van der Waals surface area contributed by atoms with Crippen LogP contribution in [0, 0.1) is 6.92 Å². The first-order valence-electron chi connectivity index (χ1n) is 5.91. The topological polar surface area (TPSA) is 29.5 Å². The Balaban J connectivity index is 2.34. The maximum absolute atomic E-state index is 9.46. The van der Waals surface area contributed by atoms with Crippen molar-refractivity contribution in [2.75, 3.05) is 6.61 Å². The van der Waals surface area contributed by atoms with Crippen molar-refractivity contribution >= 4 is 0 Å². The summed E-state index contributed by atoms with van der Waals surface area (Å²) in [6.07, 6.45) is 2.72. The average molecular weight is 220 g/mol. The lowest BCUT2D eigenvalue weighted by Crippen LogP contribution is -2.23. The molecule has 16 heavy (non-hydrogen) atoms. The fourth-order valence-electron chi connectivity index (χ4n) is 1.73. The van der Waals surface area contributed by atoms with Gasteiger partial charge in [0.2, 0.25) is 0 Å². The summed E-state index contributed by atoms with van der Waals surface area (Å²) in [5.41, 5.74) is 2.08. The molecule has 1 saturated carbocycles. The van der Waals surface area contributed by atoms with Gasteiger partial charge in [-0.15, -0.1) is 0 Å². The minimum atomic E-state index is -0.240. The maximum Gasteiger partial charge on any atom is 0.123 e. The molecule has 0 spiro atoms. The highest BCUT2D eigenvalue weighted by atomic mass is 16.5. The molecule has 1 aliphatic rings. The van der Waals surface area contributed by atoms with E-state index in [9.17, 15) is 5.11 Å². The van der Waals surface area contributed by atoms with Crippen LogP contribution < -0.4 is 4.74 Å². The highest BCUT2D eigenvalue weighted by Gasteiger charge is 2.28. The molecule has 2 rings (SSSR count). The highest BCUT2D eigenvalue weighted by molar-refractivity contribution is 5.42. The van der Waals surface area contributed by atoms with Gasteiger partial charge in [0.15, 0.2) is 0 Å². The van der Waals surface area contributed by atoms with E-state index in [-0.39, 0.29) is 12.0 Å². The first-order valence-corrected chi connectivity index (χ1v) is 5.91. The maximum atomic E-state index is 9.46. The Morgan fingerprint density at radius 2 is 2.06 bits per heavy atom. The van der Waals surface area contributed by atoms with Gasteiger partial charge in [-0.25, -0.2) is 0 Å². The molecule has 0 aliphatic heterocycles. The Morgan fingerprint density at radius 1 is 1.38 bits per heavy atom. The molecular weight excluding hydrogens is 200 g/mol. The van der Waals surface area contributed by atoms with Crippen LogP contribution in [0.1, 0.15) is 37.8 Å². The standard InChI is InChI=1S/C14H20O2/c1-10-4-7-13(16-11-5-6-11)12(8-10)14(2,3)9-15/h4,7-8,11,15H,5-6,9H2,1-3H3. The molecule has 2 heteroatoms. The number of ether oxygens (including phenoxy) is 1. The quantitative estimate of drug-likeness (QED) is 0.845. The first-order chi connectivity index (χ1) is 7.53. The Labute approximate surface area is 97.3 Å². The van der Waals surface area contributed by atoms with Gasteiger partial charge in [-0.3, -0.25) is 0 Å². The second-order valence-electron chi connectivity index (χ2n) is 5.36. The molecular formula is C14H20O2. The van der Waals surface area contributed by atoms with Crippen molar-refractivity contribution in [2.45, 2.75) is 45.1 Å². The summed E-state index contributed by atoms with van der Waals surface area (Å²) in [6, 6.07) is 6.21. The van der Waals surface area contributed by atoms with Crippen molar-refractivity contribution < 1.29 is 9.84 Å². The zero-order valence-electron chi connectivity index (χ0n) is 10.3. The van der Waals surface area contributed by atoms with Gasteiger partial charge < -0.3 is 9.84 Å². The number of aliphatic hydroxyl groups is 1. The number of hydrogen-bond acceptors (Lipinski definition) is 2. The Kier molecular flexibility index (Phi) is 2.94. The summed E-state index contributed by atoms with van der Waals surface area (Å²) >= 11 is 0. The fourth-order valence-corrected chi connectivity index (χ4v) is 1.73. The summed E-state index contributed by atoms with van der Waals surface area (Å²) in [4.78, 5) is 0. The summed E-state index contributed by atoms with van der Waals surface area (Å²) in [5.74, 6) is 0.937. The number of hydrogen-bond donors (Lipinski definition) is 1. The van der Waals surface area contributed by atoms with Gasteiger partial charge >= 0.3 is 0 Å². The normalized spacial score (nSPS) is 16.2. The van der Waals surface area contributed by atoms with Gasteiger partial charge in [0.1, 0.15) is 5.75 Å². The van der Waals surface area contributed by atoms with Gasteiger partial charge in [0.05, 0.1) is 12.7 Å². The Morgan fingerprint density at radius 3 is 2.62 bits per heavy atom. The summed E-state index contributed by atoms with van der Waals surface area (Å²) in [5, 5.41) is 9.46. The molecule has 88 valence electrons. The van der Waals surface area contributed by atoms with Crippen LogP contribution in [0.25, 0.3) is 0 Å². The molecule has 0 atom stereocenters. The molecule has 1 aliphatic carbocycles. The molecule has 0 bridgehead atoms. The molecule has 1 aromatic rings. The van der Waals surface area contributed by atoms with Crippen LogP contribution >= 0.6 is 0 Å². The second kappa shape index (κ2) is 4.10. The summed E-state index contributed by atoms with van der Waals surface area (Å²) in [6.45, 7) is 6.29. The van der Waals surface area contributed by atoms with Gasteiger partial charge in [-0.05, 0) is 25.8 Å². The molecule has 0 unspecified atom stereocenters. The largest absolute Gasteiger partial charge is 0.490 e. The predicted molar refractivity (Wildman–Crippen MR) is 64.9 cm³/mol. The Bertz CT molecular complexity index is 378.